The van der Waals surface area contributed by atoms with Crippen molar-refractivity contribution in [3.8, 4) is 6.07 Å². The molecule has 8 heteroatoms. The van der Waals surface area contributed by atoms with Crippen LogP contribution in [0.5, 0.6) is 0 Å². The number of nitriles is 1. The molecule has 166 valence electrons. The van der Waals surface area contributed by atoms with Gasteiger partial charge in [0.1, 0.15) is 18.8 Å². The first-order valence-electron chi connectivity index (χ1n) is 10.8. The Balaban J connectivity index is 1.28. The Kier molecular flexibility index (Phi) is 6.23. The van der Waals surface area contributed by atoms with E-state index >= 15 is 0 Å². The van der Waals surface area contributed by atoms with Crippen molar-refractivity contribution in [2.75, 3.05) is 13.1 Å². The Hall–Kier alpha value is -2.17. The topological polar surface area (TPSA) is 82.4 Å². The van der Waals surface area contributed by atoms with Crippen LogP contribution < -0.4 is 5.32 Å². The molecule has 1 aromatic carbocycles. The number of esters is 1. The van der Waals surface area contributed by atoms with Crippen LogP contribution in [-0.2, 0) is 20.9 Å². The van der Waals surface area contributed by atoms with Crippen LogP contribution >= 0.6 is 11.6 Å². The molecule has 4 aliphatic rings. The van der Waals surface area contributed by atoms with Crippen molar-refractivity contribution in [3.63, 3.8) is 0 Å². The number of hydrogen-bond acceptors (Lipinski definition) is 5. The van der Waals surface area contributed by atoms with E-state index in [4.69, 9.17) is 21.6 Å². The van der Waals surface area contributed by atoms with Gasteiger partial charge in [-0.25, -0.2) is 4.39 Å². The summed E-state index contributed by atoms with van der Waals surface area (Å²) in [5.41, 5.74) is 0.288. The minimum Gasteiger partial charge on any atom is -0.460 e. The Labute approximate surface area is 186 Å². The monoisotopic (exact) mass is 447 g/mol. The van der Waals surface area contributed by atoms with Crippen molar-refractivity contribution in [1.29, 1.82) is 5.26 Å². The first kappa shape index (κ1) is 22.0. The summed E-state index contributed by atoms with van der Waals surface area (Å²) >= 11 is 5.89. The fourth-order valence-corrected chi connectivity index (χ4v) is 5.31. The number of ether oxygens (including phenoxy) is 1. The molecule has 0 unspecified atom stereocenters. The molecule has 1 N–H and O–H groups in total. The lowest BCUT2D eigenvalue weighted by molar-refractivity contribution is -0.165. The second-order valence-electron chi connectivity index (χ2n) is 9.14. The van der Waals surface area contributed by atoms with Crippen molar-refractivity contribution in [2.24, 2.45) is 5.41 Å². The number of nitrogens with zero attached hydrogens (tertiary/aromatic N) is 2. The van der Waals surface area contributed by atoms with Crippen molar-refractivity contribution >= 4 is 23.5 Å². The van der Waals surface area contributed by atoms with E-state index in [1.807, 2.05) is 18.2 Å². The van der Waals surface area contributed by atoms with Crippen LogP contribution in [0.25, 0.3) is 0 Å². The van der Waals surface area contributed by atoms with E-state index < -0.39 is 17.6 Å². The minimum absolute atomic E-state index is 0.00564. The van der Waals surface area contributed by atoms with Crippen molar-refractivity contribution < 1.29 is 18.7 Å². The molecule has 3 saturated carbocycles. The van der Waals surface area contributed by atoms with E-state index in [1.165, 1.54) is 4.90 Å². The summed E-state index contributed by atoms with van der Waals surface area (Å²) in [7, 11) is 0. The SMILES string of the molecule is N#C[C@@H]1C[C@H](F)CN1C(=O)CNC12CCC(C(=O)OCc3ccc(Cl)cc3)(CC1)CC2. The molecule has 0 aromatic heterocycles. The molecule has 3 aliphatic carbocycles. The maximum atomic E-state index is 13.6. The van der Waals surface area contributed by atoms with Gasteiger partial charge in [-0.05, 0) is 56.2 Å². The molecule has 1 aromatic rings. The molecule has 31 heavy (non-hydrogen) atoms. The first-order valence-corrected chi connectivity index (χ1v) is 11.2. The third-order valence-electron chi connectivity index (χ3n) is 7.30. The van der Waals surface area contributed by atoms with Crippen LogP contribution in [0.4, 0.5) is 4.39 Å². The zero-order chi connectivity index (χ0) is 22.1. The fraction of sp³-hybridized carbons (Fsp3) is 0.609. The molecule has 4 fully saturated rings. The van der Waals surface area contributed by atoms with E-state index in [0.29, 0.717) is 5.02 Å². The maximum Gasteiger partial charge on any atom is 0.312 e. The summed E-state index contributed by atoms with van der Waals surface area (Å²) < 4.78 is 19.2. The van der Waals surface area contributed by atoms with Gasteiger partial charge >= 0.3 is 5.97 Å². The van der Waals surface area contributed by atoms with Crippen LogP contribution in [0.2, 0.25) is 5.02 Å². The van der Waals surface area contributed by atoms with Gasteiger partial charge in [-0.1, -0.05) is 23.7 Å². The summed E-state index contributed by atoms with van der Waals surface area (Å²) in [6.07, 6.45) is 3.53. The third kappa shape index (κ3) is 4.56. The van der Waals surface area contributed by atoms with E-state index in [-0.39, 0.29) is 43.5 Å². The minimum atomic E-state index is -1.13. The smallest absolute Gasteiger partial charge is 0.312 e. The summed E-state index contributed by atoms with van der Waals surface area (Å²) in [5.74, 6) is -0.374. The highest BCUT2D eigenvalue weighted by atomic mass is 35.5. The molecule has 0 radical (unpaired) electrons. The molecule has 1 amide bonds. The van der Waals surface area contributed by atoms with Gasteiger partial charge in [0.2, 0.25) is 5.91 Å². The van der Waals surface area contributed by atoms with E-state index in [9.17, 15) is 14.0 Å². The van der Waals surface area contributed by atoms with Crippen LogP contribution in [0.1, 0.15) is 50.5 Å². The number of alkyl halides is 1. The van der Waals surface area contributed by atoms with Gasteiger partial charge in [0.05, 0.1) is 24.6 Å². The molecule has 2 bridgehead atoms. The number of nitrogens with one attached hydrogen (secondary N) is 1. The second-order valence-corrected chi connectivity index (χ2v) is 9.58. The molecule has 6 nitrogen and oxygen atoms in total. The molecule has 0 spiro atoms. The number of benzene rings is 1. The number of likely N-dealkylation sites (tertiary alicyclic amines) is 1. The lowest BCUT2D eigenvalue weighted by atomic mass is 9.57. The predicted octanol–water partition coefficient (Wildman–Crippen LogP) is 3.53. The average molecular weight is 448 g/mol. The summed E-state index contributed by atoms with van der Waals surface area (Å²) in [6.45, 7) is 0.328. The number of fused-ring (bicyclic) bond motifs is 3. The zero-order valence-corrected chi connectivity index (χ0v) is 18.2. The van der Waals surface area contributed by atoms with Crippen molar-refractivity contribution in [2.45, 2.75) is 69.3 Å². The van der Waals surface area contributed by atoms with E-state index in [1.54, 1.807) is 12.1 Å². The largest absolute Gasteiger partial charge is 0.460 e. The maximum absolute atomic E-state index is 13.6. The number of amides is 1. The predicted molar refractivity (Wildman–Crippen MR) is 113 cm³/mol. The van der Waals surface area contributed by atoms with E-state index in [0.717, 1.165) is 44.1 Å². The summed E-state index contributed by atoms with van der Waals surface area (Å²) in [5, 5.41) is 13.2. The molecule has 2 atom stereocenters. The van der Waals surface area contributed by atoms with Gasteiger partial charge in [0, 0.05) is 17.0 Å². The Morgan fingerprint density at radius 1 is 1.19 bits per heavy atom. The van der Waals surface area contributed by atoms with Gasteiger partial charge < -0.3 is 15.0 Å². The van der Waals surface area contributed by atoms with Gasteiger partial charge in [0.25, 0.3) is 0 Å². The molecule has 1 saturated heterocycles. The number of carbonyl (C=O) groups is 2. The Morgan fingerprint density at radius 3 is 2.45 bits per heavy atom. The molecule has 5 rings (SSSR count). The second kappa shape index (κ2) is 8.76. The number of carbonyl (C=O) groups excluding carboxylic acids is 2. The molecular formula is C23H27ClFN3O3. The molecule has 1 aliphatic heterocycles. The summed E-state index contributed by atoms with van der Waals surface area (Å²) in [4.78, 5) is 26.8. The van der Waals surface area contributed by atoms with Gasteiger partial charge in [-0.2, -0.15) is 5.26 Å². The van der Waals surface area contributed by atoms with Crippen LogP contribution in [0.3, 0.4) is 0 Å². The summed E-state index contributed by atoms with van der Waals surface area (Å²) in [6, 6.07) is 8.60. The van der Waals surface area contributed by atoms with Crippen LogP contribution in [0, 0.1) is 16.7 Å². The normalized spacial score (nSPS) is 32.0. The average Bonchev–Trinajstić information content (AvgIpc) is 3.19. The molecule has 1 heterocycles. The fourth-order valence-electron chi connectivity index (χ4n) is 5.19. The first-order chi connectivity index (χ1) is 14.8. The van der Waals surface area contributed by atoms with Gasteiger partial charge in [-0.3, -0.25) is 9.59 Å². The quantitative estimate of drug-likeness (QED) is 0.674. The van der Waals surface area contributed by atoms with Crippen LogP contribution in [0.15, 0.2) is 24.3 Å². The molecular weight excluding hydrogens is 421 g/mol. The highest BCUT2D eigenvalue weighted by Crippen LogP contribution is 2.53. The Bertz CT molecular complexity index is 861. The zero-order valence-electron chi connectivity index (χ0n) is 17.4. The highest BCUT2D eigenvalue weighted by Gasteiger charge is 2.53. The van der Waals surface area contributed by atoms with E-state index in [2.05, 4.69) is 5.32 Å². The Morgan fingerprint density at radius 2 is 1.84 bits per heavy atom. The van der Waals surface area contributed by atoms with Crippen molar-refractivity contribution in [1.82, 2.24) is 10.2 Å². The van der Waals surface area contributed by atoms with Crippen LogP contribution in [-0.4, -0.2) is 47.6 Å². The third-order valence-corrected chi connectivity index (χ3v) is 7.55. The van der Waals surface area contributed by atoms with Crippen molar-refractivity contribution in [3.05, 3.63) is 34.9 Å². The number of rotatable bonds is 6. The number of hydrogen-bond donors (Lipinski definition) is 1. The van der Waals surface area contributed by atoms with Gasteiger partial charge in [0.15, 0.2) is 0 Å². The lowest BCUT2D eigenvalue weighted by Gasteiger charge is -2.52. The highest BCUT2D eigenvalue weighted by molar-refractivity contribution is 6.30. The lowest BCUT2D eigenvalue weighted by Crippen LogP contribution is -2.58. The standard InChI is InChI=1S/C23H27ClFN3O3/c24-17-3-1-16(2-4-17)15-31-21(30)22-5-8-23(9-6-22,10-7-22)27-13-20(29)28-14-18(25)11-19(28)12-26/h1-4,18-19,27H,5-11,13-15H2/t18-,19-,22?,23?/m0/s1. The van der Waals surface area contributed by atoms with Gasteiger partial charge in [-0.15, -0.1) is 0 Å². The number of halogens is 2.